The maximum Gasteiger partial charge on any atom is 0.325 e. The Morgan fingerprint density at radius 2 is 1.72 bits per heavy atom. The van der Waals surface area contributed by atoms with E-state index in [0.29, 0.717) is 18.1 Å². The number of nitrogens with zero attached hydrogens (tertiary/aromatic N) is 2. The van der Waals surface area contributed by atoms with Gasteiger partial charge in [-0.05, 0) is 12.0 Å². The van der Waals surface area contributed by atoms with Crippen LogP contribution in [0.25, 0.3) is 11.3 Å². The molecule has 6 nitrogen and oxygen atoms in total. The highest BCUT2D eigenvalue weighted by Gasteiger charge is 2.52. The summed E-state index contributed by atoms with van der Waals surface area (Å²) >= 11 is 0. The SMILES string of the molecule is CCCCC1(c2ccccc2)NC(=O)N(Cc2ncc(-c3ccccc3)o2)C1=O. The molecule has 2 heterocycles. The number of amides is 3. The second-order valence-electron chi connectivity index (χ2n) is 7.18. The minimum absolute atomic E-state index is 0.00178. The molecule has 0 spiro atoms. The largest absolute Gasteiger partial charge is 0.439 e. The second-order valence-corrected chi connectivity index (χ2v) is 7.18. The van der Waals surface area contributed by atoms with Gasteiger partial charge >= 0.3 is 6.03 Å². The van der Waals surface area contributed by atoms with Gasteiger partial charge in [-0.1, -0.05) is 80.4 Å². The molecular weight excluding hydrogens is 366 g/mol. The Morgan fingerprint density at radius 3 is 2.41 bits per heavy atom. The van der Waals surface area contributed by atoms with Crippen LogP contribution in [0.5, 0.6) is 0 Å². The predicted molar refractivity (Wildman–Crippen MR) is 109 cm³/mol. The Bertz CT molecular complexity index is 1000. The van der Waals surface area contributed by atoms with E-state index in [0.717, 1.165) is 24.0 Å². The molecule has 6 heteroatoms. The summed E-state index contributed by atoms with van der Waals surface area (Å²) in [5.74, 6) is 0.668. The molecule has 0 bridgehead atoms. The molecule has 0 aliphatic carbocycles. The van der Waals surface area contributed by atoms with E-state index in [1.807, 2.05) is 60.7 Å². The Morgan fingerprint density at radius 1 is 1.03 bits per heavy atom. The number of hydrogen-bond donors (Lipinski definition) is 1. The molecule has 1 atom stereocenters. The highest BCUT2D eigenvalue weighted by atomic mass is 16.4. The lowest BCUT2D eigenvalue weighted by molar-refractivity contribution is -0.132. The molecule has 2 aromatic carbocycles. The summed E-state index contributed by atoms with van der Waals surface area (Å²) < 4.78 is 5.80. The molecule has 1 N–H and O–H groups in total. The molecule has 3 aromatic rings. The van der Waals surface area contributed by atoms with Crippen LogP contribution in [0.4, 0.5) is 4.79 Å². The van der Waals surface area contributed by atoms with Crippen LogP contribution in [0, 0.1) is 0 Å². The summed E-state index contributed by atoms with van der Waals surface area (Å²) in [4.78, 5) is 31.6. The molecule has 4 rings (SSSR count). The van der Waals surface area contributed by atoms with Gasteiger partial charge < -0.3 is 9.73 Å². The Balaban J connectivity index is 1.60. The normalized spacial score (nSPS) is 18.9. The number of unbranched alkanes of at least 4 members (excludes halogenated alkanes) is 1. The van der Waals surface area contributed by atoms with E-state index in [9.17, 15) is 9.59 Å². The van der Waals surface area contributed by atoms with Gasteiger partial charge in [0, 0.05) is 5.56 Å². The third-order valence-electron chi connectivity index (χ3n) is 5.25. The molecular formula is C23H23N3O3. The van der Waals surface area contributed by atoms with E-state index >= 15 is 0 Å². The van der Waals surface area contributed by atoms with Crippen molar-refractivity contribution in [2.75, 3.05) is 0 Å². The fraction of sp³-hybridized carbons (Fsp3) is 0.261. The molecule has 1 aliphatic rings. The van der Waals surface area contributed by atoms with Crippen molar-refractivity contribution in [2.24, 2.45) is 0 Å². The van der Waals surface area contributed by atoms with Crippen LogP contribution in [0.2, 0.25) is 0 Å². The first-order valence-electron chi connectivity index (χ1n) is 9.84. The molecule has 29 heavy (non-hydrogen) atoms. The number of imide groups is 1. The van der Waals surface area contributed by atoms with Crippen molar-refractivity contribution in [3.05, 3.63) is 78.3 Å². The van der Waals surface area contributed by atoms with E-state index < -0.39 is 11.6 Å². The summed E-state index contributed by atoms with van der Waals surface area (Å²) in [5.41, 5.74) is 0.653. The highest BCUT2D eigenvalue weighted by molar-refractivity contribution is 6.07. The van der Waals surface area contributed by atoms with Crippen molar-refractivity contribution in [1.29, 1.82) is 0 Å². The van der Waals surface area contributed by atoms with E-state index in [2.05, 4.69) is 17.2 Å². The van der Waals surface area contributed by atoms with Gasteiger partial charge in [-0.2, -0.15) is 0 Å². The predicted octanol–water partition coefficient (Wildman–Crippen LogP) is 4.48. The Hall–Kier alpha value is -3.41. The first kappa shape index (κ1) is 18.9. The fourth-order valence-corrected chi connectivity index (χ4v) is 3.70. The molecule has 1 aliphatic heterocycles. The van der Waals surface area contributed by atoms with E-state index in [4.69, 9.17) is 4.42 Å². The number of rotatable bonds is 7. The standard InChI is InChI=1S/C23H23N3O3/c1-2-3-14-23(18-12-8-5-9-13-18)21(27)26(22(28)25-23)16-20-24-15-19(29-20)17-10-6-4-7-11-17/h4-13,15H,2-3,14,16H2,1H3,(H,25,28). The van der Waals surface area contributed by atoms with Crippen LogP contribution in [-0.2, 0) is 16.9 Å². The molecule has 1 saturated heterocycles. The molecule has 148 valence electrons. The zero-order valence-electron chi connectivity index (χ0n) is 16.3. The smallest absolute Gasteiger partial charge is 0.325 e. The number of benzene rings is 2. The average Bonchev–Trinajstić information content (AvgIpc) is 3.33. The molecule has 0 radical (unpaired) electrons. The van der Waals surface area contributed by atoms with Crippen molar-refractivity contribution in [1.82, 2.24) is 15.2 Å². The summed E-state index contributed by atoms with van der Waals surface area (Å²) in [7, 11) is 0. The lowest BCUT2D eigenvalue weighted by Gasteiger charge is -2.27. The van der Waals surface area contributed by atoms with Crippen molar-refractivity contribution in [2.45, 2.75) is 38.3 Å². The Kier molecular flexibility index (Phi) is 5.16. The fourth-order valence-electron chi connectivity index (χ4n) is 3.70. The van der Waals surface area contributed by atoms with E-state index in [1.165, 1.54) is 4.90 Å². The van der Waals surface area contributed by atoms with Gasteiger partial charge in [-0.25, -0.2) is 9.78 Å². The Labute approximate surface area is 169 Å². The third-order valence-corrected chi connectivity index (χ3v) is 5.25. The van der Waals surface area contributed by atoms with Crippen LogP contribution in [0.1, 0.15) is 37.6 Å². The third kappa shape index (κ3) is 3.53. The summed E-state index contributed by atoms with van der Waals surface area (Å²) in [5, 5.41) is 2.95. The van der Waals surface area contributed by atoms with Gasteiger partial charge in [0.05, 0.1) is 6.20 Å². The van der Waals surface area contributed by atoms with Crippen LogP contribution >= 0.6 is 0 Å². The lowest BCUT2D eigenvalue weighted by Crippen LogP contribution is -2.44. The van der Waals surface area contributed by atoms with Crippen molar-refractivity contribution >= 4 is 11.9 Å². The molecule has 3 amide bonds. The number of carbonyl (C=O) groups is 2. The van der Waals surface area contributed by atoms with Gasteiger partial charge in [0.25, 0.3) is 5.91 Å². The van der Waals surface area contributed by atoms with Crippen molar-refractivity contribution in [3.63, 3.8) is 0 Å². The zero-order chi connectivity index (χ0) is 20.3. The van der Waals surface area contributed by atoms with Crippen LogP contribution < -0.4 is 5.32 Å². The summed E-state index contributed by atoms with van der Waals surface area (Å²) in [6, 6.07) is 18.6. The van der Waals surface area contributed by atoms with E-state index in [-0.39, 0.29) is 12.5 Å². The number of oxazole rings is 1. The van der Waals surface area contributed by atoms with Gasteiger partial charge in [0.2, 0.25) is 5.89 Å². The molecule has 1 unspecified atom stereocenters. The van der Waals surface area contributed by atoms with Crippen LogP contribution in [-0.4, -0.2) is 21.8 Å². The summed E-state index contributed by atoms with van der Waals surface area (Å²) in [6.07, 6.45) is 3.92. The average molecular weight is 389 g/mol. The maximum absolute atomic E-state index is 13.4. The summed E-state index contributed by atoms with van der Waals surface area (Å²) in [6.45, 7) is 2.06. The van der Waals surface area contributed by atoms with Gasteiger partial charge in [0.1, 0.15) is 12.1 Å². The first-order chi connectivity index (χ1) is 14.1. The minimum Gasteiger partial charge on any atom is -0.439 e. The van der Waals surface area contributed by atoms with Crippen LogP contribution in [0.3, 0.4) is 0 Å². The highest BCUT2D eigenvalue weighted by Crippen LogP contribution is 2.35. The number of nitrogens with one attached hydrogen (secondary N) is 1. The number of carbonyl (C=O) groups excluding carboxylic acids is 2. The number of hydrogen-bond acceptors (Lipinski definition) is 4. The lowest BCUT2D eigenvalue weighted by atomic mass is 9.85. The molecule has 1 fully saturated rings. The van der Waals surface area contributed by atoms with Gasteiger partial charge in [-0.15, -0.1) is 0 Å². The topological polar surface area (TPSA) is 75.4 Å². The monoisotopic (exact) mass is 389 g/mol. The number of urea groups is 1. The van der Waals surface area contributed by atoms with Crippen molar-refractivity contribution < 1.29 is 14.0 Å². The number of aromatic nitrogens is 1. The van der Waals surface area contributed by atoms with Crippen LogP contribution in [0.15, 0.2) is 71.3 Å². The quantitative estimate of drug-likeness (QED) is 0.605. The zero-order valence-corrected chi connectivity index (χ0v) is 16.3. The van der Waals surface area contributed by atoms with E-state index in [1.54, 1.807) is 6.20 Å². The van der Waals surface area contributed by atoms with Crippen molar-refractivity contribution in [3.8, 4) is 11.3 Å². The maximum atomic E-state index is 13.4. The first-order valence-corrected chi connectivity index (χ1v) is 9.84. The second kappa shape index (κ2) is 7.91. The van der Waals surface area contributed by atoms with Gasteiger partial charge in [-0.3, -0.25) is 9.69 Å². The molecule has 0 saturated carbocycles. The minimum atomic E-state index is -1.04. The van der Waals surface area contributed by atoms with Gasteiger partial charge in [0.15, 0.2) is 5.76 Å². The molecule has 1 aromatic heterocycles.